The van der Waals surface area contributed by atoms with Gasteiger partial charge in [-0.05, 0) is 12.2 Å². The SMILES string of the molecule is CCCCCCCCS[C@H]1O[C@H](COC(C)=O)[C@@H](OC(C)=O)[C@H](OC(C)=O)[C@@H]1F. The van der Waals surface area contributed by atoms with E-state index in [0.717, 1.165) is 26.2 Å². The molecule has 0 aromatic carbocycles. The third-order valence-corrected chi connectivity index (χ3v) is 5.63. The van der Waals surface area contributed by atoms with Gasteiger partial charge in [0.1, 0.15) is 18.1 Å². The van der Waals surface area contributed by atoms with Gasteiger partial charge in [-0.2, -0.15) is 0 Å². The van der Waals surface area contributed by atoms with E-state index < -0.39 is 47.8 Å². The van der Waals surface area contributed by atoms with Gasteiger partial charge in [0.05, 0.1) is 0 Å². The normalized spacial score (nSPS) is 26.6. The van der Waals surface area contributed by atoms with Crippen LogP contribution in [0.15, 0.2) is 0 Å². The maximum atomic E-state index is 15.1. The monoisotopic (exact) mass is 436 g/mol. The van der Waals surface area contributed by atoms with E-state index in [9.17, 15) is 14.4 Å². The first-order valence-corrected chi connectivity index (χ1v) is 11.2. The highest BCUT2D eigenvalue weighted by Gasteiger charge is 2.50. The highest BCUT2D eigenvalue weighted by Crippen LogP contribution is 2.34. The summed E-state index contributed by atoms with van der Waals surface area (Å²) in [5.41, 5.74) is -0.914. The molecule has 0 unspecified atom stereocenters. The third-order valence-electron chi connectivity index (χ3n) is 4.41. The molecular formula is C20H33FO7S. The molecular weight excluding hydrogens is 403 g/mol. The molecule has 1 saturated heterocycles. The summed E-state index contributed by atoms with van der Waals surface area (Å²) in [7, 11) is 0. The van der Waals surface area contributed by atoms with Gasteiger partial charge < -0.3 is 18.9 Å². The highest BCUT2D eigenvalue weighted by molar-refractivity contribution is 7.99. The Morgan fingerprint density at radius 1 is 0.897 bits per heavy atom. The Balaban J connectivity index is 2.77. The molecule has 1 fully saturated rings. The summed E-state index contributed by atoms with van der Waals surface area (Å²) in [6, 6.07) is 0. The molecule has 5 atom stereocenters. The van der Waals surface area contributed by atoms with Gasteiger partial charge in [0, 0.05) is 20.8 Å². The molecule has 0 aromatic heterocycles. The van der Waals surface area contributed by atoms with Crippen molar-refractivity contribution in [1.82, 2.24) is 0 Å². The number of thioether (sulfide) groups is 1. The molecule has 1 rings (SSSR count). The summed E-state index contributed by atoms with van der Waals surface area (Å²) in [6.07, 6.45) is 1.56. The summed E-state index contributed by atoms with van der Waals surface area (Å²) >= 11 is 1.29. The van der Waals surface area contributed by atoms with E-state index >= 15 is 4.39 Å². The molecule has 29 heavy (non-hydrogen) atoms. The van der Waals surface area contributed by atoms with Crippen LogP contribution < -0.4 is 0 Å². The molecule has 1 heterocycles. The molecule has 7 nitrogen and oxygen atoms in total. The fraction of sp³-hybridized carbons (Fsp3) is 0.850. The Bertz CT molecular complexity index is 531. The van der Waals surface area contributed by atoms with Gasteiger partial charge in [-0.15, -0.1) is 11.8 Å². The summed E-state index contributed by atoms with van der Waals surface area (Å²) in [6.45, 7) is 5.49. The van der Waals surface area contributed by atoms with Gasteiger partial charge in [0.15, 0.2) is 18.4 Å². The van der Waals surface area contributed by atoms with Gasteiger partial charge in [-0.3, -0.25) is 14.4 Å². The van der Waals surface area contributed by atoms with Gasteiger partial charge in [-0.1, -0.05) is 39.0 Å². The standard InChI is InChI=1S/C20H33FO7S/c1-5-6-7-8-9-10-11-29-20-17(21)19(27-15(4)24)18(26-14(3)23)16(28-20)12-25-13(2)22/h16-20H,5-12H2,1-4H3/t16-,17+,18-,19-,20-/m1/s1. The van der Waals surface area contributed by atoms with E-state index in [1.54, 1.807) is 0 Å². The molecule has 0 aromatic rings. The first-order valence-electron chi connectivity index (χ1n) is 10.1. The molecule has 0 aliphatic carbocycles. The molecule has 0 bridgehead atoms. The average Bonchev–Trinajstić information content (AvgIpc) is 2.63. The van der Waals surface area contributed by atoms with E-state index in [1.165, 1.54) is 44.9 Å². The fourth-order valence-electron chi connectivity index (χ4n) is 3.08. The number of hydrogen-bond acceptors (Lipinski definition) is 8. The molecule has 0 saturated carbocycles. The van der Waals surface area contributed by atoms with Gasteiger partial charge in [0.25, 0.3) is 0 Å². The summed E-state index contributed by atoms with van der Waals surface area (Å²) in [4.78, 5) is 34.2. The van der Waals surface area contributed by atoms with E-state index in [-0.39, 0.29) is 6.61 Å². The van der Waals surface area contributed by atoms with Crippen molar-refractivity contribution < 1.29 is 37.7 Å². The van der Waals surface area contributed by atoms with Gasteiger partial charge in [-0.25, -0.2) is 4.39 Å². The predicted molar refractivity (Wildman–Crippen MR) is 107 cm³/mol. The zero-order valence-electron chi connectivity index (χ0n) is 17.7. The van der Waals surface area contributed by atoms with Crippen molar-refractivity contribution in [3.8, 4) is 0 Å². The van der Waals surface area contributed by atoms with Crippen LogP contribution in [0.4, 0.5) is 4.39 Å². The second-order valence-electron chi connectivity index (χ2n) is 7.08. The molecule has 0 amide bonds. The Morgan fingerprint density at radius 3 is 2.07 bits per heavy atom. The van der Waals surface area contributed by atoms with Crippen LogP contribution in [0.1, 0.15) is 66.2 Å². The number of esters is 3. The Labute approximate surface area is 176 Å². The predicted octanol–water partition coefficient (Wildman–Crippen LogP) is 3.57. The Hall–Kier alpha value is -1.35. The zero-order chi connectivity index (χ0) is 21.8. The molecule has 1 aliphatic heterocycles. The quantitative estimate of drug-likeness (QED) is 0.261. The van der Waals surface area contributed by atoms with Crippen molar-refractivity contribution in [2.24, 2.45) is 0 Å². The maximum Gasteiger partial charge on any atom is 0.303 e. The lowest BCUT2D eigenvalue weighted by molar-refractivity contribution is -0.221. The molecule has 0 radical (unpaired) electrons. The number of ether oxygens (including phenoxy) is 4. The summed E-state index contributed by atoms with van der Waals surface area (Å²) in [5.74, 6) is -1.22. The molecule has 168 valence electrons. The topological polar surface area (TPSA) is 88.1 Å². The van der Waals surface area contributed by atoms with Crippen LogP contribution in [-0.2, 0) is 33.3 Å². The first kappa shape index (κ1) is 25.7. The van der Waals surface area contributed by atoms with Crippen molar-refractivity contribution in [2.75, 3.05) is 12.4 Å². The zero-order valence-corrected chi connectivity index (χ0v) is 18.5. The van der Waals surface area contributed by atoms with Crippen LogP contribution in [0.5, 0.6) is 0 Å². The largest absolute Gasteiger partial charge is 0.463 e. The number of carbonyl (C=O) groups excluding carboxylic acids is 3. The number of halogens is 1. The van der Waals surface area contributed by atoms with E-state index in [4.69, 9.17) is 18.9 Å². The average molecular weight is 437 g/mol. The smallest absolute Gasteiger partial charge is 0.303 e. The number of rotatable bonds is 12. The number of unbranched alkanes of at least 4 members (excludes halogenated alkanes) is 5. The van der Waals surface area contributed by atoms with E-state index in [1.807, 2.05) is 0 Å². The lowest BCUT2D eigenvalue weighted by Crippen LogP contribution is -2.59. The molecule has 0 spiro atoms. The van der Waals surface area contributed by atoms with Crippen LogP contribution in [0.2, 0.25) is 0 Å². The Morgan fingerprint density at radius 2 is 1.48 bits per heavy atom. The second kappa shape index (κ2) is 13.8. The minimum Gasteiger partial charge on any atom is -0.463 e. The van der Waals surface area contributed by atoms with Gasteiger partial charge >= 0.3 is 17.9 Å². The maximum absolute atomic E-state index is 15.1. The Kier molecular flexibility index (Phi) is 12.2. The lowest BCUT2D eigenvalue weighted by Gasteiger charge is -2.42. The van der Waals surface area contributed by atoms with Crippen molar-refractivity contribution in [3.63, 3.8) is 0 Å². The van der Waals surface area contributed by atoms with Gasteiger partial charge in [0.2, 0.25) is 0 Å². The summed E-state index contributed by atoms with van der Waals surface area (Å²) < 4.78 is 36.1. The van der Waals surface area contributed by atoms with E-state index in [2.05, 4.69) is 6.92 Å². The van der Waals surface area contributed by atoms with Crippen molar-refractivity contribution in [3.05, 3.63) is 0 Å². The van der Waals surface area contributed by atoms with Crippen molar-refractivity contribution >= 4 is 29.7 Å². The van der Waals surface area contributed by atoms with Crippen molar-refractivity contribution in [2.45, 2.75) is 96.1 Å². The summed E-state index contributed by atoms with van der Waals surface area (Å²) in [5, 5.41) is 0. The molecule has 0 N–H and O–H groups in total. The number of carbonyl (C=O) groups is 3. The molecule has 1 aliphatic rings. The fourth-order valence-corrected chi connectivity index (χ4v) is 4.24. The second-order valence-corrected chi connectivity index (χ2v) is 8.28. The van der Waals surface area contributed by atoms with Crippen LogP contribution in [0.25, 0.3) is 0 Å². The van der Waals surface area contributed by atoms with Crippen molar-refractivity contribution in [1.29, 1.82) is 0 Å². The highest BCUT2D eigenvalue weighted by atomic mass is 32.2. The van der Waals surface area contributed by atoms with Crippen LogP contribution in [-0.4, -0.2) is 60.2 Å². The number of alkyl halides is 1. The minimum atomic E-state index is -1.68. The number of hydrogen-bond donors (Lipinski definition) is 0. The van der Waals surface area contributed by atoms with Crippen LogP contribution in [0, 0.1) is 0 Å². The van der Waals surface area contributed by atoms with E-state index in [0.29, 0.717) is 5.75 Å². The third kappa shape index (κ3) is 9.80. The van der Waals surface area contributed by atoms with Crippen LogP contribution >= 0.6 is 11.8 Å². The lowest BCUT2D eigenvalue weighted by atomic mass is 10.0. The minimum absolute atomic E-state index is 0.230. The first-order chi connectivity index (χ1) is 13.8. The van der Waals surface area contributed by atoms with Crippen LogP contribution in [0.3, 0.4) is 0 Å². The molecule has 9 heteroatoms.